The number of piperidine rings is 1. The van der Waals surface area contributed by atoms with Crippen LogP contribution in [-0.2, 0) is 4.79 Å². The van der Waals surface area contributed by atoms with E-state index in [1.165, 1.54) is 13.0 Å². The van der Waals surface area contributed by atoms with Crippen LogP contribution in [-0.4, -0.2) is 53.6 Å². The third kappa shape index (κ3) is 3.34. The van der Waals surface area contributed by atoms with Crippen LogP contribution in [0.1, 0.15) is 53.4 Å². The van der Waals surface area contributed by atoms with Crippen LogP contribution in [0.4, 0.5) is 0 Å². The van der Waals surface area contributed by atoms with Gasteiger partial charge < -0.3 is 9.80 Å². The summed E-state index contributed by atoms with van der Waals surface area (Å²) in [6, 6.07) is 0.444. The van der Waals surface area contributed by atoms with Crippen LogP contribution >= 0.6 is 0 Å². The lowest BCUT2D eigenvalue weighted by atomic mass is 10.0. The number of nitrogens with one attached hydrogen (secondary N) is 1. The fourth-order valence-electron chi connectivity index (χ4n) is 3.62. The van der Waals surface area contributed by atoms with Gasteiger partial charge in [-0.2, -0.15) is 0 Å². The first kappa shape index (κ1) is 15.8. The highest BCUT2D eigenvalue weighted by molar-refractivity contribution is 5.84. The Hall–Kier alpha value is -0.610. The van der Waals surface area contributed by atoms with Crippen molar-refractivity contribution in [3.05, 3.63) is 0 Å². The lowest BCUT2D eigenvalue weighted by Gasteiger charge is -2.40. The summed E-state index contributed by atoms with van der Waals surface area (Å²) >= 11 is 0. The molecule has 0 radical (unpaired) electrons. The summed E-state index contributed by atoms with van der Waals surface area (Å²) < 4.78 is 0. The van der Waals surface area contributed by atoms with E-state index in [2.05, 4.69) is 42.8 Å². The number of hydrogen-bond donors (Lipinski definition) is 1. The van der Waals surface area contributed by atoms with Gasteiger partial charge in [-0.3, -0.25) is 10.1 Å². The molecule has 116 valence electrons. The molecule has 2 fully saturated rings. The topological polar surface area (TPSA) is 35.6 Å². The van der Waals surface area contributed by atoms with Gasteiger partial charge in [0, 0.05) is 12.6 Å². The molecule has 0 aromatic heterocycles. The molecular weight excluding hydrogens is 250 g/mol. The highest BCUT2D eigenvalue weighted by Crippen LogP contribution is 2.26. The lowest BCUT2D eigenvalue weighted by Crippen LogP contribution is -2.52. The predicted octanol–water partition coefficient (Wildman–Crippen LogP) is 2.05. The molecule has 0 saturated carbocycles. The molecule has 0 bridgehead atoms. The van der Waals surface area contributed by atoms with Crippen molar-refractivity contribution >= 4 is 5.91 Å². The van der Waals surface area contributed by atoms with E-state index in [-0.39, 0.29) is 12.2 Å². The molecule has 20 heavy (non-hydrogen) atoms. The number of likely N-dealkylation sites (tertiary alicyclic amines) is 1. The van der Waals surface area contributed by atoms with Gasteiger partial charge >= 0.3 is 0 Å². The molecule has 2 aliphatic rings. The molecule has 0 aliphatic carbocycles. The first-order valence-corrected chi connectivity index (χ1v) is 8.37. The van der Waals surface area contributed by atoms with Gasteiger partial charge in [0.15, 0.2) is 0 Å². The van der Waals surface area contributed by atoms with Crippen molar-refractivity contribution in [3.8, 4) is 0 Å². The van der Waals surface area contributed by atoms with Crippen molar-refractivity contribution in [2.45, 2.75) is 71.6 Å². The smallest absolute Gasteiger partial charge is 0.241 e. The Bertz CT molecular complexity index is 332. The third-order valence-electron chi connectivity index (χ3n) is 4.71. The van der Waals surface area contributed by atoms with Crippen molar-refractivity contribution in [1.29, 1.82) is 0 Å². The minimum Gasteiger partial charge on any atom is -0.322 e. The third-order valence-corrected chi connectivity index (χ3v) is 4.71. The molecule has 0 aromatic rings. The summed E-state index contributed by atoms with van der Waals surface area (Å²) in [5, 5.41) is 3.56. The quantitative estimate of drug-likeness (QED) is 0.838. The Labute approximate surface area is 123 Å². The number of carbonyl (C=O) groups excluding carboxylic acids is 1. The molecule has 2 saturated heterocycles. The Morgan fingerprint density at radius 3 is 2.70 bits per heavy atom. The van der Waals surface area contributed by atoms with Gasteiger partial charge in [0.1, 0.15) is 0 Å². The molecule has 2 heterocycles. The van der Waals surface area contributed by atoms with Crippen LogP contribution in [0.2, 0.25) is 0 Å². The molecule has 2 rings (SSSR count). The highest BCUT2D eigenvalue weighted by Gasteiger charge is 2.42. The zero-order valence-electron chi connectivity index (χ0n) is 13.6. The van der Waals surface area contributed by atoms with E-state index in [0.717, 1.165) is 32.4 Å². The average Bonchev–Trinajstić information content (AvgIpc) is 2.74. The Balaban J connectivity index is 2.10. The van der Waals surface area contributed by atoms with Gasteiger partial charge in [-0.05, 0) is 44.7 Å². The van der Waals surface area contributed by atoms with Gasteiger partial charge in [0.25, 0.3) is 0 Å². The Morgan fingerprint density at radius 2 is 2.10 bits per heavy atom. The molecule has 1 amide bonds. The van der Waals surface area contributed by atoms with E-state index in [4.69, 9.17) is 0 Å². The van der Waals surface area contributed by atoms with Crippen LogP contribution in [0.3, 0.4) is 0 Å². The standard InChI is InChI=1S/C16H31N3O/c1-5-14-16(20)19(15(17-14)10-12(3)4)13-8-7-9-18(6-2)11-13/h12-15,17H,5-11H2,1-4H3. The summed E-state index contributed by atoms with van der Waals surface area (Å²) in [6.45, 7) is 12.1. The van der Waals surface area contributed by atoms with Crippen LogP contribution in [0.15, 0.2) is 0 Å². The molecule has 4 heteroatoms. The highest BCUT2D eigenvalue weighted by atomic mass is 16.2. The van der Waals surface area contributed by atoms with Gasteiger partial charge in [-0.1, -0.05) is 27.7 Å². The van der Waals surface area contributed by atoms with E-state index in [0.29, 0.717) is 17.9 Å². The Kier molecular flexibility index (Phi) is 5.44. The first-order chi connectivity index (χ1) is 9.56. The molecule has 0 aromatic carbocycles. The largest absolute Gasteiger partial charge is 0.322 e. The van der Waals surface area contributed by atoms with E-state index < -0.39 is 0 Å². The fraction of sp³-hybridized carbons (Fsp3) is 0.938. The van der Waals surface area contributed by atoms with Gasteiger partial charge in [0.05, 0.1) is 12.2 Å². The van der Waals surface area contributed by atoms with Crippen molar-refractivity contribution < 1.29 is 4.79 Å². The second-order valence-corrected chi connectivity index (χ2v) is 6.71. The maximum absolute atomic E-state index is 12.7. The molecule has 2 aliphatic heterocycles. The van der Waals surface area contributed by atoms with Gasteiger partial charge in [-0.15, -0.1) is 0 Å². The molecule has 3 unspecified atom stereocenters. The molecule has 3 atom stereocenters. The summed E-state index contributed by atoms with van der Waals surface area (Å²) in [5.41, 5.74) is 0. The second kappa shape index (κ2) is 6.90. The fourth-order valence-corrected chi connectivity index (χ4v) is 3.62. The van der Waals surface area contributed by atoms with E-state index in [1.807, 2.05) is 0 Å². The van der Waals surface area contributed by atoms with E-state index in [1.54, 1.807) is 0 Å². The number of amides is 1. The number of carbonyl (C=O) groups is 1. The minimum atomic E-state index is 0.0377. The molecule has 0 spiro atoms. The van der Waals surface area contributed by atoms with Crippen molar-refractivity contribution in [1.82, 2.24) is 15.1 Å². The maximum atomic E-state index is 12.7. The van der Waals surface area contributed by atoms with Crippen molar-refractivity contribution in [2.75, 3.05) is 19.6 Å². The van der Waals surface area contributed by atoms with Gasteiger partial charge in [0.2, 0.25) is 5.91 Å². The molecule has 4 nitrogen and oxygen atoms in total. The van der Waals surface area contributed by atoms with E-state index in [9.17, 15) is 4.79 Å². The normalized spacial score (nSPS) is 32.4. The SMILES string of the molecule is CCC1NC(CC(C)C)N(C2CCCN(CC)C2)C1=O. The molecular formula is C16H31N3O. The van der Waals surface area contributed by atoms with Crippen molar-refractivity contribution in [2.24, 2.45) is 5.92 Å². The zero-order chi connectivity index (χ0) is 14.7. The minimum absolute atomic E-state index is 0.0377. The number of likely N-dealkylation sites (N-methyl/N-ethyl adjacent to an activating group) is 1. The molecule has 1 N–H and O–H groups in total. The number of nitrogens with zero attached hydrogens (tertiary/aromatic N) is 2. The summed E-state index contributed by atoms with van der Waals surface area (Å²) in [7, 11) is 0. The first-order valence-electron chi connectivity index (χ1n) is 8.37. The monoisotopic (exact) mass is 281 g/mol. The maximum Gasteiger partial charge on any atom is 0.241 e. The summed E-state index contributed by atoms with van der Waals surface area (Å²) in [6.07, 6.45) is 4.58. The van der Waals surface area contributed by atoms with Crippen LogP contribution in [0, 0.1) is 5.92 Å². The number of rotatable bonds is 5. The average molecular weight is 281 g/mol. The summed E-state index contributed by atoms with van der Waals surface area (Å²) in [5.74, 6) is 0.949. The Morgan fingerprint density at radius 1 is 1.35 bits per heavy atom. The van der Waals surface area contributed by atoms with Crippen LogP contribution in [0.25, 0.3) is 0 Å². The predicted molar refractivity (Wildman–Crippen MR) is 82.4 cm³/mol. The number of hydrogen-bond acceptors (Lipinski definition) is 3. The van der Waals surface area contributed by atoms with E-state index >= 15 is 0 Å². The lowest BCUT2D eigenvalue weighted by molar-refractivity contribution is -0.133. The van der Waals surface area contributed by atoms with Crippen LogP contribution < -0.4 is 5.32 Å². The summed E-state index contributed by atoms with van der Waals surface area (Å²) in [4.78, 5) is 17.3. The van der Waals surface area contributed by atoms with Crippen LogP contribution in [0.5, 0.6) is 0 Å². The van der Waals surface area contributed by atoms with Crippen molar-refractivity contribution in [3.63, 3.8) is 0 Å². The van der Waals surface area contributed by atoms with Gasteiger partial charge in [-0.25, -0.2) is 0 Å². The zero-order valence-corrected chi connectivity index (χ0v) is 13.6. The second-order valence-electron chi connectivity index (χ2n) is 6.71.